The van der Waals surface area contributed by atoms with E-state index in [1.807, 2.05) is 18.2 Å². The monoisotopic (exact) mass is 454 g/mol. The minimum atomic E-state index is 0.0177. The van der Waals surface area contributed by atoms with E-state index < -0.39 is 0 Å². The van der Waals surface area contributed by atoms with E-state index in [4.69, 9.17) is 9.40 Å². The summed E-state index contributed by atoms with van der Waals surface area (Å²) >= 11 is 1.62. The minimum absolute atomic E-state index is 0.0177. The van der Waals surface area contributed by atoms with Crippen LogP contribution in [0.1, 0.15) is 32.0 Å². The zero-order chi connectivity index (χ0) is 22.6. The fraction of sp³-hybridized carbons (Fsp3) is 0.200. The number of rotatable bonds is 4. The highest BCUT2D eigenvalue weighted by atomic mass is 32.1. The van der Waals surface area contributed by atoms with Crippen molar-refractivity contribution in [3.05, 3.63) is 71.2 Å². The molecule has 7 nitrogen and oxygen atoms in total. The number of hydrogen-bond acceptors (Lipinski definition) is 6. The summed E-state index contributed by atoms with van der Waals surface area (Å²) in [6, 6.07) is 18.8. The van der Waals surface area contributed by atoms with Crippen molar-refractivity contribution in [1.82, 2.24) is 30.2 Å². The fourth-order valence-corrected chi connectivity index (χ4v) is 5.04. The molecule has 2 aromatic carbocycles. The first kappa shape index (κ1) is 19.9. The number of tetrazole rings is 1. The fourth-order valence-electron chi connectivity index (χ4n) is 4.05. The van der Waals surface area contributed by atoms with Crippen molar-refractivity contribution in [2.24, 2.45) is 0 Å². The number of benzene rings is 2. The Labute approximate surface area is 194 Å². The first-order valence-electron chi connectivity index (χ1n) is 10.8. The molecule has 0 fully saturated rings. The molecule has 164 valence electrons. The summed E-state index contributed by atoms with van der Waals surface area (Å²) in [6.07, 6.45) is 0. The zero-order valence-corrected chi connectivity index (χ0v) is 19.3. The molecule has 8 heteroatoms. The van der Waals surface area contributed by atoms with Gasteiger partial charge in [-0.1, -0.05) is 45.0 Å². The average molecular weight is 455 g/mol. The first-order valence-corrected chi connectivity index (χ1v) is 11.6. The predicted molar refractivity (Wildman–Crippen MR) is 130 cm³/mol. The highest BCUT2D eigenvalue weighted by Gasteiger charge is 2.20. The lowest BCUT2D eigenvalue weighted by Crippen LogP contribution is -2.11. The number of furan rings is 1. The Hall–Kier alpha value is -3.78. The standard InChI is InChI=1S/C25H22N6OS/c1-25(2,3)22-14-33-24(26-22)21-12-17-10-15(8-9-20(17)32-21)13-31-18-7-5-4-6-16(18)11-19(31)23-27-29-30-28-23/h4-12,14H,13H2,1-3H3,(H,27,28,29,30). The maximum absolute atomic E-state index is 6.13. The molecule has 0 saturated heterocycles. The molecule has 0 unspecified atom stereocenters. The van der Waals surface area contributed by atoms with Gasteiger partial charge in [0.05, 0.1) is 11.4 Å². The summed E-state index contributed by atoms with van der Waals surface area (Å²) in [6.45, 7) is 7.19. The van der Waals surface area contributed by atoms with Crippen LogP contribution >= 0.6 is 11.3 Å². The molecule has 0 radical (unpaired) electrons. The molecule has 6 aromatic rings. The summed E-state index contributed by atoms with van der Waals surface area (Å²) in [5.74, 6) is 1.39. The van der Waals surface area contributed by atoms with E-state index in [0.717, 1.165) is 49.6 Å². The van der Waals surface area contributed by atoms with Gasteiger partial charge in [-0.3, -0.25) is 0 Å². The van der Waals surface area contributed by atoms with Crippen molar-refractivity contribution in [3.8, 4) is 22.3 Å². The lowest BCUT2D eigenvalue weighted by Gasteiger charge is -2.13. The van der Waals surface area contributed by atoms with Crippen LogP contribution in [0.2, 0.25) is 0 Å². The second-order valence-corrected chi connectivity index (χ2v) is 10.0. The maximum atomic E-state index is 6.13. The lowest BCUT2D eigenvalue weighted by molar-refractivity contribution is 0.571. The topological polar surface area (TPSA) is 85.4 Å². The van der Waals surface area contributed by atoms with Crippen LogP contribution in [-0.4, -0.2) is 30.2 Å². The van der Waals surface area contributed by atoms with Crippen molar-refractivity contribution >= 4 is 33.2 Å². The van der Waals surface area contributed by atoms with Crippen LogP contribution < -0.4 is 0 Å². The van der Waals surface area contributed by atoms with E-state index >= 15 is 0 Å². The molecular formula is C25H22N6OS. The van der Waals surface area contributed by atoms with Crippen molar-refractivity contribution in [2.75, 3.05) is 0 Å². The molecule has 1 N–H and O–H groups in total. The van der Waals surface area contributed by atoms with Gasteiger partial charge in [-0.05, 0) is 41.1 Å². The molecular weight excluding hydrogens is 432 g/mol. The number of para-hydroxylation sites is 1. The van der Waals surface area contributed by atoms with Crippen LogP contribution in [0.4, 0.5) is 0 Å². The van der Waals surface area contributed by atoms with Crippen LogP contribution in [-0.2, 0) is 12.0 Å². The molecule has 0 saturated carbocycles. The summed E-state index contributed by atoms with van der Waals surface area (Å²) in [4.78, 5) is 4.80. The number of nitrogens with zero attached hydrogens (tertiary/aromatic N) is 5. The van der Waals surface area contributed by atoms with Gasteiger partial charge in [0.15, 0.2) is 10.8 Å². The second-order valence-electron chi connectivity index (χ2n) is 9.18. The predicted octanol–water partition coefficient (Wildman–Crippen LogP) is 6.04. The van der Waals surface area contributed by atoms with Crippen LogP contribution in [0.3, 0.4) is 0 Å². The number of H-pyrrole nitrogens is 1. The quantitative estimate of drug-likeness (QED) is 0.351. The van der Waals surface area contributed by atoms with E-state index in [2.05, 4.69) is 87.7 Å². The molecule has 0 aliphatic carbocycles. The number of aromatic nitrogens is 6. The smallest absolute Gasteiger partial charge is 0.221 e. The number of hydrogen-bond donors (Lipinski definition) is 1. The minimum Gasteiger partial charge on any atom is -0.454 e. The average Bonchev–Trinajstić information content (AvgIpc) is 3.58. The van der Waals surface area contributed by atoms with Gasteiger partial charge >= 0.3 is 0 Å². The Morgan fingerprint density at radius 3 is 2.70 bits per heavy atom. The number of nitrogens with one attached hydrogen (secondary N) is 1. The molecule has 6 rings (SSSR count). The Bertz CT molecular complexity index is 1580. The number of fused-ring (bicyclic) bond motifs is 2. The van der Waals surface area contributed by atoms with Gasteiger partial charge in [-0.2, -0.15) is 5.21 Å². The van der Waals surface area contributed by atoms with Gasteiger partial charge in [-0.25, -0.2) is 4.98 Å². The molecule has 33 heavy (non-hydrogen) atoms. The summed E-state index contributed by atoms with van der Waals surface area (Å²) in [5.41, 5.74) is 5.17. The van der Waals surface area contributed by atoms with Crippen molar-refractivity contribution in [3.63, 3.8) is 0 Å². The molecule has 0 atom stereocenters. The summed E-state index contributed by atoms with van der Waals surface area (Å²) < 4.78 is 8.35. The van der Waals surface area contributed by atoms with Gasteiger partial charge in [0.25, 0.3) is 0 Å². The third-order valence-corrected chi connectivity index (χ3v) is 6.65. The van der Waals surface area contributed by atoms with Gasteiger partial charge in [0, 0.05) is 33.6 Å². The van der Waals surface area contributed by atoms with Gasteiger partial charge in [-0.15, -0.1) is 21.5 Å². The van der Waals surface area contributed by atoms with Gasteiger partial charge in [0.1, 0.15) is 5.58 Å². The van der Waals surface area contributed by atoms with E-state index in [1.165, 1.54) is 0 Å². The van der Waals surface area contributed by atoms with E-state index in [0.29, 0.717) is 12.4 Å². The van der Waals surface area contributed by atoms with Crippen LogP contribution in [0.25, 0.3) is 44.2 Å². The summed E-state index contributed by atoms with van der Waals surface area (Å²) in [7, 11) is 0. The molecule has 0 amide bonds. The van der Waals surface area contributed by atoms with Crippen LogP contribution in [0.5, 0.6) is 0 Å². The van der Waals surface area contributed by atoms with E-state index in [1.54, 1.807) is 11.3 Å². The summed E-state index contributed by atoms with van der Waals surface area (Å²) in [5, 5.41) is 19.9. The van der Waals surface area contributed by atoms with Crippen molar-refractivity contribution < 1.29 is 4.42 Å². The Balaban J connectivity index is 1.38. The molecule has 4 heterocycles. The third-order valence-electron chi connectivity index (χ3n) is 5.79. The third kappa shape index (κ3) is 3.52. The number of aromatic amines is 1. The second kappa shape index (κ2) is 7.38. The van der Waals surface area contributed by atoms with Gasteiger partial charge < -0.3 is 8.98 Å². The molecule has 0 spiro atoms. The van der Waals surface area contributed by atoms with Crippen LogP contribution in [0.15, 0.2) is 64.4 Å². The molecule has 4 aromatic heterocycles. The highest BCUT2D eigenvalue weighted by molar-refractivity contribution is 7.13. The Morgan fingerprint density at radius 1 is 1.03 bits per heavy atom. The van der Waals surface area contributed by atoms with E-state index in [-0.39, 0.29) is 5.41 Å². The molecule has 0 bridgehead atoms. The maximum Gasteiger partial charge on any atom is 0.221 e. The zero-order valence-electron chi connectivity index (χ0n) is 18.5. The largest absolute Gasteiger partial charge is 0.454 e. The number of thiazole rings is 1. The SMILES string of the molecule is CC(C)(C)c1csc(-c2cc3cc(Cn4c(-c5nn[nH]n5)cc5ccccc54)ccc3o2)n1. The highest BCUT2D eigenvalue weighted by Crippen LogP contribution is 2.34. The normalized spacial score (nSPS) is 12.2. The first-order chi connectivity index (χ1) is 16.0. The van der Waals surface area contributed by atoms with E-state index in [9.17, 15) is 0 Å². The van der Waals surface area contributed by atoms with Gasteiger partial charge in [0.2, 0.25) is 5.82 Å². The lowest BCUT2D eigenvalue weighted by atomic mass is 9.93. The Kier molecular flexibility index (Phi) is 4.45. The molecule has 0 aliphatic heterocycles. The Morgan fingerprint density at radius 2 is 1.91 bits per heavy atom. The van der Waals surface area contributed by atoms with Crippen molar-refractivity contribution in [1.29, 1.82) is 0 Å². The molecule has 0 aliphatic rings. The van der Waals surface area contributed by atoms with Crippen LogP contribution in [0, 0.1) is 0 Å². The van der Waals surface area contributed by atoms with Crippen molar-refractivity contribution in [2.45, 2.75) is 32.7 Å².